The summed E-state index contributed by atoms with van der Waals surface area (Å²) >= 11 is 0. The third-order valence-electron chi connectivity index (χ3n) is 5.46. The minimum absolute atomic E-state index is 0.0845. The molecule has 31 heavy (non-hydrogen) atoms. The van der Waals surface area contributed by atoms with Crippen molar-refractivity contribution in [2.75, 3.05) is 18.4 Å². The van der Waals surface area contributed by atoms with E-state index in [4.69, 9.17) is 4.74 Å². The maximum atomic E-state index is 6.08. The predicted octanol–water partition coefficient (Wildman–Crippen LogP) is 2.79. The van der Waals surface area contributed by atoms with Crippen molar-refractivity contribution in [2.45, 2.75) is 38.8 Å². The molecule has 0 aliphatic carbocycles. The quantitative estimate of drug-likeness (QED) is 0.477. The highest BCUT2D eigenvalue weighted by atomic mass is 16.5. The van der Waals surface area contributed by atoms with Crippen molar-refractivity contribution in [3.8, 4) is 11.7 Å². The average molecular weight is 419 g/mol. The molecule has 4 heterocycles. The zero-order chi connectivity index (χ0) is 21.2. The van der Waals surface area contributed by atoms with Crippen molar-refractivity contribution in [2.24, 2.45) is 0 Å². The lowest BCUT2D eigenvalue weighted by Gasteiger charge is -2.15. The van der Waals surface area contributed by atoms with Gasteiger partial charge in [-0.05, 0) is 36.6 Å². The molecule has 9 heteroatoms. The molecular formula is C22H26N8O. The Balaban J connectivity index is 1.48. The van der Waals surface area contributed by atoms with Crippen LogP contribution in [0.4, 0.5) is 5.95 Å². The van der Waals surface area contributed by atoms with Gasteiger partial charge in [-0.3, -0.25) is 0 Å². The third kappa shape index (κ3) is 3.96. The van der Waals surface area contributed by atoms with Gasteiger partial charge in [-0.1, -0.05) is 32.0 Å². The molecule has 4 aromatic rings. The molecule has 1 saturated heterocycles. The Hall–Kier alpha value is -3.46. The lowest BCUT2D eigenvalue weighted by molar-refractivity contribution is 0.204. The minimum Gasteiger partial charge on any atom is -0.459 e. The molecule has 9 nitrogen and oxygen atoms in total. The standard InChI is InChI=1S/C22H26N8O/c1-15(2)18-14-26-30-20(18)27-22(31-17-8-10-23-13-17)28-21(30)24-12-16-6-3-4-7-19(16)29-11-5-9-25-29/h3-7,9,11,14-15,17,23H,8,10,12-13H2,1-2H3,(H,24,27,28). The number of ether oxygens (including phenoxy) is 1. The summed E-state index contributed by atoms with van der Waals surface area (Å²) < 4.78 is 9.70. The Kier molecular flexibility index (Phi) is 5.25. The molecule has 160 valence electrons. The van der Waals surface area contributed by atoms with Crippen LogP contribution in [-0.2, 0) is 6.54 Å². The molecule has 3 aromatic heterocycles. The van der Waals surface area contributed by atoms with Crippen LogP contribution in [0.15, 0.2) is 48.9 Å². The number of anilines is 1. The molecule has 0 radical (unpaired) electrons. The first-order valence-corrected chi connectivity index (χ1v) is 10.6. The second kappa shape index (κ2) is 8.35. The maximum Gasteiger partial charge on any atom is 0.322 e. The first-order chi connectivity index (χ1) is 15.2. The van der Waals surface area contributed by atoms with E-state index in [9.17, 15) is 0 Å². The van der Waals surface area contributed by atoms with Crippen LogP contribution in [0.2, 0.25) is 0 Å². The van der Waals surface area contributed by atoms with Crippen LogP contribution < -0.4 is 15.4 Å². The van der Waals surface area contributed by atoms with Gasteiger partial charge in [0.25, 0.3) is 0 Å². The molecular weight excluding hydrogens is 392 g/mol. The summed E-state index contributed by atoms with van der Waals surface area (Å²) in [6, 6.07) is 10.4. The third-order valence-corrected chi connectivity index (χ3v) is 5.46. The van der Waals surface area contributed by atoms with Crippen LogP contribution in [0.3, 0.4) is 0 Å². The van der Waals surface area contributed by atoms with Crippen molar-refractivity contribution in [3.05, 3.63) is 60.0 Å². The molecule has 0 bridgehead atoms. The number of fused-ring (bicyclic) bond motifs is 1. The van der Waals surface area contributed by atoms with Gasteiger partial charge in [0.15, 0.2) is 5.65 Å². The van der Waals surface area contributed by atoms with E-state index in [0.717, 1.165) is 42.0 Å². The largest absolute Gasteiger partial charge is 0.459 e. The van der Waals surface area contributed by atoms with E-state index in [1.807, 2.05) is 41.3 Å². The van der Waals surface area contributed by atoms with Crippen molar-refractivity contribution in [3.63, 3.8) is 0 Å². The summed E-state index contributed by atoms with van der Waals surface area (Å²) in [7, 11) is 0. The van der Waals surface area contributed by atoms with Crippen LogP contribution in [0.25, 0.3) is 11.3 Å². The fourth-order valence-corrected chi connectivity index (χ4v) is 3.80. The first-order valence-electron chi connectivity index (χ1n) is 10.6. The summed E-state index contributed by atoms with van der Waals surface area (Å²) in [5.41, 5.74) is 3.95. The Bertz CT molecular complexity index is 1160. The smallest absolute Gasteiger partial charge is 0.322 e. The summed E-state index contributed by atoms with van der Waals surface area (Å²) in [4.78, 5) is 9.33. The molecule has 1 atom stereocenters. The minimum atomic E-state index is 0.0845. The molecule has 2 N–H and O–H groups in total. The van der Waals surface area contributed by atoms with Crippen molar-refractivity contribution < 1.29 is 4.74 Å². The van der Waals surface area contributed by atoms with E-state index >= 15 is 0 Å². The highest BCUT2D eigenvalue weighted by Crippen LogP contribution is 2.24. The summed E-state index contributed by atoms with van der Waals surface area (Å²) in [6.45, 7) is 6.59. The molecule has 5 rings (SSSR count). The van der Waals surface area contributed by atoms with Gasteiger partial charge in [0.1, 0.15) is 6.10 Å². The fourth-order valence-electron chi connectivity index (χ4n) is 3.80. The SMILES string of the molecule is CC(C)c1cnn2c(NCc3ccccc3-n3cccn3)nc(OC3CCNC3)nc12. The summed E-state index contributed by atoms with van der Waals surface area (Å²) in [5, 5.41) is 15.7. The zero-order valence-electron chi connectivity index (χ0n) is 17.7. The van der Waals surface area contributed by atoms with E-state index in [2.05, 4.69) is 50.7 Å². The van der Waals surface area contributed by atoms with Crippen LogP contribution in [0.1, 0.15) is 37.3 Å². The van der Waals surface area contributed by atoms with Gasteiger partial charge < -0.3 is 15.4 Å². The number of aromatic nitrogens is 6. The zero-order valence-corrected chi connectivity index (χ0v) is 17.7. The van der Waals surface area contributed by atoms with Crippen molar-refractivity contribution in [1.29, 1.82) is 0 Å². The van der Waals surface area contributed by atoms with Crippen LogP contribution >= 0.6 is 0 Å². The van der Waals surface area contributed by atoms with Gasteiger partial charge in [-0.25, -0.2) is 4.68 Å². The van der Waals surface area contributed by atoms with Gasteiger partial charge in [0, 0.05) is 31.0 Å². The predicted molar refractivity (Wildman–Crippen MR) is 118 cm³/mol. The van der Waals surface area contributed by atoms with Crippen LogP contribution in [-0.4, -0.2) is 48.6 Å². The van der Waals surface area contributed by atoms with E-state index in [1.165, 1.54) is 0 Å². The first kappa shape index (κ1) is 19.5. The van der Waals surface area contributed by atoms with Gasteiger partial charge in [-0.15, -0.1) is 0 Å². The molecule has 1 unspecified atom stereocenters. The van der Waals surface area contributed by atoms with Gasteiger partial charge in [0.05, 0.1) is 11.9 Å². The molecule has 0 saturated carbocycles. The lowest BCUT2D eigenvalue weighted by Crippen LogP contribution is -2.21. The number of nitrogens with zero attached hydrogens (tertiary/aromatic N) is 6. The molecule has 1 fully saturated rings. The van der Waals surface area contributed by atoms with Crippen molar-refractivity contribution >= 4 is 11.6 Å². The Morgan fingerprint density at radius 3 is 2.87 bits per heavy atom. The van der Waals surface area contributed by atoms with E-state index in [0.29, 0.717) is 24.4 Å². The van der Waals surface area contributed by atoms with E-state index in [-0.39, 0.29) is 6.10 Å². The molecule has 1 aliphatic rings. The monoisotopic (exact) mass is 418 g/mol. The molecule has 0 spiro atoms. The number of rotatable bonds is 7. The molecule has 1 aromatic carbocycles. The number of para-hydroxylation sites is 1. The molecule has 0 amide bonds. The number of benzene rings is 1. The van der Waals surface area contributed by atoms with E-state index in [1.54, 1.807) is 10.7 Å². The fraction of sp³-hybridized carbons (Fsp3) is 0.364. The average Bonchev–Trinajstić information content (AvgIpc) is 3.53. The molecule has 1 aliphatic heterocycles. The highest BCUT2D eigenvalue weighted by Gasteiger charge is 2.21. The van der Waals surface area contributed by atoms with Gasteiger partial charge in [-0.2, -0.15) is 24.7 Å². The van der Waals surface area contributed by atoms with E-state index < -0.39 is 0 Å². The lowest BCUT2D eigenvalue weighted by atomic mass is 10.1. The normalized spacial score (nSPS) is 16.3. The Morgan fingerprint density at radius 2 is 2.10 bits per heavy atom. The number of nitrogens with one attached hydrogen (secondary N) is 2. The topological polar surface area (TPSA) is 94.2 Å². The summed E-state index contributed by atoms with van der Waals surface area (Å²) in [6.07, 6.45) is 6.60. The van der Waals surface area contributed by atoms with Gasteiger partial charge in [0.2, 0.25) is 5.95 Å². The van der Waals surface area contributed by atoms with Crippen LogP contribution in [0.5, 0.6) is 6.01 Å². The summed E-state index contributed by atoms with van der Waals surface area (Å²) in [5.74, 6) is 0.898. The highest BCUT2D eigenvalue weighted by molar-refractivity contribution is 5.53. The maximum absolute atomic E-state index is 6.08. The Morgan fingerprint density at radius 1 is 1.19 bits per heavy atom. The van der Waals surface area contributed by atoms with Crippen LogP contribution in [0, 0.1) is 0 Å². The number of hydrogen-bond acceptors (Lipinski definition) is 7. The van der Waals surface area contributed by atoms with Crippen molar-refractivity contribution in [1.82, 2.24) is 34.7 Å². The van der Waals surface area contributed by atoms with Gasteiger partial charge >= 0.3 is 6.01 Å². The Labute approximate surface area is 180 Å². The second-order valence-corrected chi connectivity index (χ2v) is 7.99. The second-order valence-electron chi connectivity index (χ2n) is 7.99. The number of hydrogen-bond donors (Lipinski definition) is 2.